The predicted molar refractivity (Wildman–Crippen MR) is 37.8 cm³/mol. The van der Waals surface area contributed by atoms with Gasteiger partial charge < -0.3 is 9.87 Å². The highest BCUT2D eigenvalue weighted by atomic mass is 32.2. The zero-order chi connectivity index (χ0) is 9.07. The molecule has 1 atom stereocenters. The fourth-order valence-electron chi connectivity index (χ4n) is 0.465. The molecule has 0 aromatic rings. The first kappa shape index (κ1) is 10.4. The SMILES string of the molecule is CNC(=O)CC(C)S(=O)(=O)[O-]. The van der Waals surface area contributed by atoms with Crippen molar-refractivity contribution in [3.63, 3.8) is 0 Å². The normalized spacial score (nSPS) is 14.1. The first-order chi connectivity index (χ1) is 4.88. The predicted octanol–water partition coefficient (Wildman–Crippen LogP) is -0.944. The van der Waals surface area contributed by atoms with Crippen LogP contribution in [0.2, 0.25) is 0 Å². The van der Waals surface area contributed by atoms with Crippen molar-refractivity contribution in [3.05, 3.63) is 0 Å². The van der Waals surface area contributed by atoms with E-state index in [4.69, 9.17) is 0 Å². The molecule has 1 N–H and O–H groups in total. The second-order valence-corrected chi connectivity index (χ2v) is 3.97. The minimum absolute atomic E-state index is 0.275. The number of nitrogens with one attached hydrogen (secondary N) is 1. The lowest BCUT2D eigenvalue weighted by molar-refractivity contribution is -0.120. The van der Waals surface area contributed by atoms with Crippen LogP contribution in [0.25, 0.3) is 0 Å². The molecule has 0 spiro atoms. The first-order valence-electron chi connectivity index (χ1n) is 3.03. The molecule has 0 aromatic carbocycles. The Kier molecular flexibility index (Phi) is 3.47. The summed E-state index contributed by atoms with van der Waals surface area (Å²) in [5, 5.41) is 1.08. The molecule has 0 aliphatic carbocycles. The van der Waals surface area contributed by atoms with Crippen molar-refractivity contribution in [1.82, 2.24) is 5.32 Å². The average Bonchev–Trinajstić information content (AvgIpc) is 1.85. The van der Waals surface area contributed by atoms with Crippen LogP contribution in [-0.2, 0) is 14.9 Å². The second-order valence-electron chi connectivity index (χ2n) is 2.18. The zero-order valence-electron chi connectivity index (χ0n) is 6.33. The van der Waals surface area contributed by atoms with Crippen molar-refractivity contribution in [2.45, 2.75) is 18.6 Å². The summed E-state index contributed by atoms with van der Waals surface area (Å²) >= 11 is 0. The molecule has 0 rings (SSSR count). The molecule has 0 aliphatic heterocycles. The lowest BCUT2D eigenvalue weighted by atomic mass is 10.3. The Morgan fingerprint density at radius 1 is 1.64 bits per heavy atom. The third-order valence-corrected chi connectivity index (χ3v) is 2.40. The fourth-order valence-corrected chi connectivity index (χ4v) is 0.821. The summed E-state index contributed by atoms with van der Waals surface area (Å²) in [5.41, 5.74) is 0. The van der Waals surface area contributed by atoms with Gasteiger partial charge in [0.05, 0.1) is 15.4 Å². The molecular formula is C5H10NO4S-. The number of carbonyl (C=O) groups is 1. The molecule has 66 valence electrons. The Morgan fingerprint density at radius 2 is 2.09 bits per heavy atom. The van der Waals surface area contributed by atoms with E-state index in [0.717, 1.165) is 0 Å². The summed E-state index contributed by atoms with van der Waals surface area (Å²) in [6, 6.07) is 0. The first-order valence-corrected chi connectivity index (χ1v) is 4.50. The van der Waals surface area contributed by atoms with Crippen LogP contribution in [0.4, 0.5) is 0 Å². The van der Waals surface area contributed by atoms with Gasteiger partial charge in [-0.1, -0.05) is 0 Å². The van der Waals surface area contributed by atoms with Gasteiger partial charge in [-0.15, -0.1) is 0 Å². The van der Waals surface area contributed by atoms with E-state index in [9.17, 15) is 17.8 Å². The van der Waals surface area contributed by atoms with Gasteiger partial charge in [0.25, 0.3) is 0 Å². The number of hydrogen-bond acceptors (Lipinski definition) is 4. The zero-order valence-corrected chi connectivity index (χ0v) is 7.14. The van der Waals surface area contributed by atoms with Crippen LogP contribution < -0.4 is 5.32 Å². The Bertz CT molecular complexity index is 233. The van der Waals surface area contributed by atoms with E-state index in [1.165, 1.54) is 14.0 Å². The van der Waals surface area contributed by atoms with Gasteiger partial charge in [-0.05, 0) is 6.92 Å². The molecule has 0 aromatic heterocycles. The number of hydrogen-bond donors (Lipinski definition) is 1. The van der Waals surface area contributed by atoms with E-state index < -0.39 is 21.3 Å². The third kappa shape index (κ3) is 3.94. The van der Waals surface area contributed by atoms with Crippen molar-refractivity contribution in [2.24, 2.45) is 0 Å². The molecule has 11 heavy (non-hydrogen) atoms. The summed E-state index contributed by atoms with van der Waals surface area (Å²) in [4.78, 5) is 10.6. The van der Waals surface area contributed by atoms with Crippen molar-refractivity contribution < 1.29 is 17.8 Å². The third-order valence-electron chi connectivity index (χ3n) is 1.24. The summed E-state index contributed by atoms with van der Waals surface area (Å²) in [6.45, 7) is 1.21. The Hall–Kier alpha value is -0.620. The van der Waals surface area contributed by atoms with Gasteiger partial charge in [-0.3, -0.25) is 4.79 Å². The van der Waals surface area contributed by atoms with Crippen LogP contribution in [-0.4, -0.2) is 31.2 Å². The molecule has 0 aliphatic rings. The molecule has 0 fully saturated rings. The van der Waals surface area contributed by atoms with Gasteiger partial charge in [0, 0.05) is 13.5 Å². The molecule has 0 radical (unpaired) electrons. The molecule has 0 saturated carbocycles. The van der Waals surface area contributed by atoms with Crippen LogP contribution >= 0.6 is 0 Å². The van der Waals surface area contributed by atoms with E-state index in [0.29, 0.717) is 0 Å². The maximum absolute atomic E-state index is 10.6. The Balaban J connectivity index is 4.10. The lowest BCUT2D eigenvalue weighted by Crippen LogP contribution is -2.27. The van der Waals surface area contributed by atoms with E-state index in [1.807, 2.05) is 0 Å². The van der Waals surface area contributed by atoms with Gasteiger partial charge >= 0.3 is 0 Å². The minimum atomic E-state index is -4.32. The van der Waals surface area contributed by atoms with Crippen LogP contribution in [0, 0.1) is 0 Å². The quantitative estimate of drug-likeness (QED) is 0.568. The second kappa shape index (κ2) is 3.68. The molecule has 0 bridgehead atoms. The van der Waals surface area contributed by atoms with Crippen molar-refractivity contribution >= 4 is 16.0 Å². The van der Waals surface area contributed by atoms with Gasteiger partial charge in [-0.2, -0.15) is 0 Å². The minimum Gasteiger partial charge on any atom is -0.748 e. The Morgan fingerprint density at radius 3 is 2.36 bits per heavy atom. The highest BCUT2D eigenvalue weighted by molar-refractivity contribution is 7.86. The van der Waals surface area contributed by atoms with Crippen LogP contribution in [0.5, 0.6) is 0 Å². The summed E-state index contributed by atoms with van der Waals surface area (Å²) in [5.74, 6) is -0.447. The van der Waals surface area contributed by atoms with Crippen molar-refractivity contribution in [1.29, 1.82) is 0 Å². The highest BCUT2D eigenvalue weighted by Gasteiger charge is 2.13. The largest absolute Gasteiger partial charge is 0.748 e. The molecule has 1 unspecified atom stereocenters. The molecule has 1 amide bonds. The fraction of sp³-hybridized carbons (Fsp3) is 0.800. The monoisotopic (exact) mass is 180 g/mol. The van der Waals surface area contributed by atoms with E-state index in [1.54, 1.807) is 0 Å². The maximum atomic E-state index is 10.6. The number of amides is 1. The summed E-state index contributed by atoms with van der Waals surface area (Å²) < 4.78 is 30.7. The number of rotatable bonds is 3. The van der Waals surface area contributed by atoms with Crippen LogP contribution in [0.3, 0.4) is 0 Å². The smallest absolute Gasteiger partial charge is 0.220 e. The van der Waals surface area contributed by atoms with Crippen molar-refractivity contribution in [2.75, 3.05) is 7.05 Å². The maximum Gasteiger partial charge on any atom is 0.220 e. The van der Waals surface area contributed by atoms with E-state index in [2.05, 4.69) is 5.32 Å². The van der Waals surface area contributed by atoms with Gasteiger partial charge in [0.15, 0.2) is 0 Å². The van der Waals surface area contributed by atoms with Crippen LogP contribution in [0.1, 0.15) is 13.3 Å². The van der Waals surface area contributed by atoms with E-state index >= 15 is 0 Å². The molecule has 0 saturated heterocycles. The van der Waals surface area contributed by atoms with Gasteiger partial charge in [0.2, 0.25) is 5.91 Å². The molecule has 0 heterocycles. The number of carbonyl (C=O) groups excluding carboxylic acids is 1. The summed E-state index contributed by atoms with van der Waals surface area (Å²) in [6.07, 6.45) is -0.275. The van der Waals surface area contributed by atoms with Crippen LogP contribution in [0.15, 0.2) is 0 Å². The highest BCUT2D eigenvalue weighted by Crippen LogP contribution is 2.01. The summed E-state index contributed by atoms with van der Waals surface area (Å²) in [7, 11) is -2.94. The molecule has 6 heteroatoms. The standard InChI is InChI=1S/C5H11NO4S/c1-4(11(8,9)10)3-5(7)6-2/h4H,3H2,1-2H3,(H,6,7)(H,8,9,10)/p-1. The van der Waals surface area contributed by atoms with Crippen molar-refractivity contribution in [3.8, 4) is 0 Å². The Labute approximate surface area is 65.5 Å². The topological polar surface area (TPSA) is 86.3 Å². The van der Waals surface area contributed by atoms with E-state index in [-0.39, 0.29) is 6.42 Å². The molecular weight excluding hydrogens is 170 g/mol. The lowest BCUT2D eigenvalue weighted by Gasteiger charge is -2.14. The molecule has 5 nitrogen and oxygen atoms in total. The average molecular weight is 180 g/mol. The van der Waals surface area contributed by atoms with Gasteiger partial charge in [-0.25, -0.2) is 8.42 Å². The van der Waals surface area contributed by atoms with Gasteiger partial charge in [0.1, 0.15) is 0 Å².